The number of benzene rings is 3. The molecule has 2 fully saturated rings. The fraction of sp³-hybridized carbons (Fsp3) is 0.400. The third kappa shape index (κ3) is 5.09. The lowest BCUT2D eigenvalue weighted by molar-refractivity contribution is -0.0520. The molecular formula is C30H35NO3S. The van der Waals surface area contributed by atoms with Gasteiger partial charge in [0.2, 0.25) is 9.84 Å². The molecule has 1 aliphatic carbocycles. The van der Waals surface area contributed by atoms with Crippen molar-refractivity contribution in [3.63, 3.8) is 0 Å². The average Bonchev–Trinajstić information content (AvgIpc) is 3.37. The highest BCUT2D eigenvalue weighted by Crippen LogP contribution is 2.51. The van der Waals surface area contributed by atoms with E-state index < -0.39 is 14.8 Å². The zero-order valence-corrected chi connectivity index (χ0v) is 21.3. The predicted molar refractivity (Wildman–Crippen MR) is 140 cm³/mol. The van der Waals surface area contributed by atoms with Crippen LogP contribution in [0.4, 0.5) is 0 Å². The average molecular weight is 490 g/mol. The molecule has 184 valence electrons. The molecule has 0 N–H and O–H groups in total. The lowest BCUT2D eigenvalue weighted by atomic mass is 9.69. The Morgan fingerprint density at radius 3 is 2.06 bits per heavy atom. The van der Waals surface area contributed by atoms with Crippen LogP contribution in [-0.4, -0.2) is 31.3 Å². The Bertz CT molecular complexity index is 1200. The molecule has 1 aliphatic heterocycles. The largest absolute Gasteiger partial charge is 0.354 e. The lowest BCUT2D eigenvalue weighted by Gasteiger charge is -2.46. The first kappa shape index (κ1) is 24.2. The summed E-state index contributed by atoms with van der Waals surface area (Å²) in [4.78, 5) is 1.56. The lowest BCUT2D eigenvalue weighted by Crippen LogP contribution is -2.50. The Balaban J connectivity index is 1.31. The molecule has 1 atom stereocenters. The summed E-state index contributed by atoms with van der Waals surface area (Å²) in [6.45, 7) is 5.47. The van der Waals surface area contributed by atoms with Crippen LogP contribution in [0.3, 0.4) is 0 Å². The van der Waals surface area contributed by atoms with Crippen molar-refractivity contribution in [2.45, 2.75) is 61.5 Å². The predicted octanol–water partition coefficient (Wildman–Crippen LogP) is 6.18. The van der Waals surface area contributed by atoms with E-state index in [1.165, 1.54) is 37.1 Å². The zero-order chi connectivity index (χ0) is 24.3. The number of ether oxygens (including phenoxy) is 1. The van der Waals surface area contributed by atoms with Gasteiger partial charge < -0.3 is 4.74 Å². The van der Waals surface area contributed by atoms with E-state index >= 15 is 0 Å². The minimum Gasteiger partial charge on any atom is -0.354 e. The van der Waals surface area contributed by atoms with Crippen LogP contribution in [0.2, 0.25) is 0 Å². The van der Waals surface area contributed by atoms with Crippen molar-refractivity contribution in [1.29, 1.82) is 0 Å². The second kappa shape index (κ2) is 10.3. The summed E-state index contributed by atoms with van der Waals surface area (Å²) in [6.07, 6.45) is 4.22. The molecular weight excluding hydrogens is 454 g/mol. The summed E-state index contributed by atoms with van der Waals surface area (Å²) >= 11 is 0. The number of rotatable bonds is 9. The molecule has 0 bridgehead atoms. The van der Waals surface area contributed by atoms with E-state index in [2.05, 4.69) is 29.2 Å². The van der Waals surface area contributed by atoms with E-state index in [0.717, 1.165) is 24.9 Å². The van der Waals surface area contributed by atoms with Crippen LogP contribution >= 0.6 is 0 Å². The van der Waals surface area contributed by atoms with Gasteiger partial charge in [0.25, 0.3) is 0 Å². The van der Waals surface area contributed by atoms with E-state index in [4.69, 9.17) is 4.74 Å². The Morgan fingerprint density at radius 2 is 1.43 bits per heavy atom. The molecule has 0 spiro atoms. The summed E-state index contributed by atoms with van der Waals surface area (Å²) in [5, 5.41) is 0. The molecule has 0 radical (unpaired) electrons. The van der Waals surface area contributed by atoms with Gasteiger partial charge >= 0.3 is 0 Å². The Labute approximate surface area is 209 Å². The molecule has 35 heavy (non-hydrogen) atoms. The maximum absolute atomic E-state index is 13.8. The molecule has 1 heterocycles. The molecule has 0 aromatic heterocycles. The molecule has 3 aromatic carbocycles. The first-order chi connectivity index (χ1) is 17.0. The molecule has 1 saturated carbocycles. The zero-order valence-electron chi connectivity index (χ0n) is 20.5. The SMILES string of the molecule is CC(OCc1ccccc1)(C1CC(c2ccc(CN3CCCC3)cc2)C1)S(=O)(=O)c1ccccc1. The molecule has 2 aliphatic rings. The second-order valence-electron chi connectivity index (χ2n) is 10.2. The summed E-state index contributed by atoms with van der Waals surface area (Å²) in [5.41, 5.74) is 3.63. The van der Waals surface area contributed by atoms with E-state index in [1.807, 2.05) is 36.4 Å². The van der Waals surface area contributed by atoms with Gasteiger partial charge in [-0.15, -0.1) is 0 Å². The van der Waals surface area contributed by atoms with Gasteiger partial charge in [-0.3, -0.25) is 4.90 Å². The maximum atomic E-state index is 13.8. The van der Waals surface area contributed by atoms with E-state index in [0.29, 0.717) is 10.8 Å². The van der Waals surface area contributed by atoms with Crippen LogP contribution in [0, 0.1) is 5.92 Å². The van der Waals surface area contributed by atoms with Crippen molar-refractivity contribution in [2.24, 2.45) is 5.92 Å². The van der Waals surface area contributed by atoms with Crippen LogP contribution in [-0.2, 0) is 27.7 Å². The fourth-order valence-corrected chi connectivity index (χ4v) is 7.29. The van der Waals surface area contributed by atoms with Gasteiger partial charge in [-0.2, -0.15) is 0 Å². The molecule has 5 heteroatoms. The normalized spacial score (nSPS) is 22.4. The van der Waals surface area contributed by atoms with Gasteiger partial charge in [-0.1, -0.05) is 72.8 Å². The van der Waals surface area contributed by atoms with Crippen molar-refractivity contribution < 1.29 is 13.2 Å². The van der Waals surface area contributed by atoms with Crippen molar-refractivity contribution in [3.05, 3.63) is 102 Å². The van der Waals surface area contributed by atoms with Gasteiger partial charge in [-0.05, 0) is 80.4 Å². The summed E-state index contributed by atoms with van der Waals surface area (Å²) in [6, 6.07) is 27.5. The highest BCUT2D eigenvalue weighted by atomic mass is 32.2. The first-order valence-corrected chi connectivity index (χ1v) is 14.2. The molecule has 5 rings (SSSR count). The Hall–Kier alpha value is -2.47. The van der Waals surface area contributed by atoms with Gasteiger partial charge in [0, 0.05) is 12.5 Å². The minimum absolute atomic E-state index is 0.0642. The van der Waals surface area contributed by atoms with Crippen molar-refractivity contribution in [3.8, 4) is 0 Å². The summed E-state index contributed by atoms with van der Waals surface area (Å²) in [5.74, 6) is 0.303. The summed E-state index contributed by atoms with van der Waals surface area (Å²) < 4.78 is 34.0. The number of hydrogen-bond donors (Lipinski definition) is 0. The monoisotopic (exact) mass is 489 g/mol. The van der Waals surface area contributed by atoms with Crippen molar-refractivity contribution in [1.82, 2.24) is 4.90 Å². The quantitative estimate of drug-likeness (QED) is 0.360. The molecule has 3 aromatic rings. The van der Waals surface area contributed by atoms with Crippen LogP contribution in [0.1, 0.15) is 55.2 Å². The van der Waals surface area contributed by atoms with E-state index in [-0.39, 0.29) is 12.5 Å². The number of nitrogens with zero attached hydrogens (tertiary/aromatic N) is 1. The highest BCUT2D eigenvalue weighted by molar-refractivity contribution is 7.92. The third-order valence-corrected chi connectivity index (χ3v) is 10.3. The van der Waals surface area contributed by atoms with Crippen LogP contribution in [0.5, 0.6) is 0 Å². The molecule has 1 saturated heterocycles. The van der Waals surface area contributed by atoms with Gasteiger partial charge in [0.05, 0.1) is 11.5 Å². The molecule has 4 nitrogen and oxygen atoms in total. The molecule has 0 amide bonds. The first-order valence-electron chi connectivity index (χ1n) is 12.7. The van der Waals surface area contributed by atoms with Gasteiger partial charge in [0.15, 0.2) is 4.93 Å². The van der Waals surface area contributed by atoms with Crippen molar-refractivity contribution in [2.75, 3.05) is 13.1 Å². The number of sulfone groups is 1. The van der Waals surface area contributed by atoms with Gasteiger partial charge in [0.1, 0.15) is 0 Å². The van der Waals surface area contributed by atoms with Crippen molar-refractivity contribution >= 4 is 9.84 Å². The Kier molecular flexibility index (Phi) is 7.10. The standard InChI is InChI=1S/C30H35NO3S/c1-30(34-23-25-10-4-2-5-11-25,35(32,33)29-12-6-3-7-13-29)28-20-27(21-28)26-16-14-24(15-17-26)22-31-18-8-9-19-31/h2-7,10-17,27-28H,8-9,18-23H2,1H3. The van der Waals surface area contributed by atoms with E-state index in [9.17, 15) is 8.42 Å². The molecule has 1 unspecified atom stereocenters. The van der Waals surface area contributed by atoms with Crippen LogP contribution in [0.25, 0.3) is 0 Å². The summed E-state index contributed by atoms with van der Waals surface area (Å²) in [7, 11) is -3.68. The minimum atomic E-state index is -3.68. The Morgan fingerprint density at radius 1 is 0.829 bits per heavy atom. The van der Waals surface area contributed by atoms with Crippen LogP contribution < -0.4 is 0 Å². The smallest absolute Gasteiger partial charge is 0.208 e. The van der Waals surface area contributed by atoms with Crippen LogP contribution in [0.15, 0.2) is 89.8 Å². The van der Waals surface area contributed by atoms with E-state index in [1.54, 1.807) is 31.2 Å². The topological polar surface area (TPSA) is 46.6 Å². The fourth-order valence-electron chi connectivity index (χ4n) is 5.46. The highest BCUT2D eigenvalue weighted by Gasteiger charge is 2.53. The maximum Gasteiger partial charge on any atom is 0.208 e. The number of likely N-dealkylation sites (tertiary alicyclic amines) is 1. The third-order valence-electron chi connectivity index (χ3n) is 7.89. The second-order valence-corrected chi connectivity index (χ2v) is 12.5. The van der Waals surface area contributed by atoms with Gasteiger partial charge in [-0.25, -0.2) is 8.42 Å². The number of hydrogen-bond acceptors (Lipinski definition) is 4.